The highest BCUT2D eigenvalue weighted by Crippen LogP contribution is 2.16. The maximum absolute atomic E-state index is 12.6. The first kappa shape index (κ1) is 15.3. The highest BCUT2D eigenvalue weighted by Gasteiger charge is 2.21. The normalized spacial score (nSPS) is 12.1. The summed E-state index contributed by atoms with van der Waals surface area (Å²) in [6.45, 7) is 5.14. The third-order valence-electron chi connectivity index (χ3n) is 3.48. The van der Waals surface area contributed by atoms with Crippen LogP contribution in [-0.4, -0.2) is 15.8 Å². The van der Waals surface area contributed by atoms with E-state index in [1.54, 1.807) is 18.7 Å². The van der Waals surface area contributed by atoms with Crippen LogP contribution in [0.25, 0.3) is 0 Å². The van der Waals surface area contributed by atoms with Crippen molar-refractivity contribution in [1.82, 2.24) is 9.88 Å². The molecule has 2 aromatic heterocycles. The predicted octanol–water partition coefficient (Wildman–Crippen LogP) is 3.64. The van der Waals surface area contributed by atoms with E-state index in [1.807, 2.05) is 36.1 Å². The molecule has 0 spiro atoms. The summed E-state index contributed by atoms with van der Waals surface area (Å²) >= 11 is 0. The van der Waals surface area contributed by atoms with Gasteiger partial charge in [0.25, 0.3) is 0 Å². The van der Waals surface area contributed by atoms with Crippen LogP contribution < -0.4 is 0 Å². The van der Waals surface area contributed by atoms with Gasteiger partial charge in [-0.15, -0.1) is 0 Å². The summed E-state index contributed by atoms with van der Waals surface area (Å²) in [5.41, 5.74) is 1.03. The molecule has 0 radical (unpaired) electrons. The van der Waals surface area contributed by atoms with E-state index in [4.69, 9.17) is 4.42 Å². The average molecular weight is 286 g/mol. The first-order valence-electron chi connectivity index (χ1n) is 7.40. The van der Waals surface area contributed by atoms with Crippen LogP contribution in [0.2, 0.25) is 0 Å². The number of nitrogens with zero attached hydrogens (tertiary/aromatic N) is 2. The van der Waals surface area contributed by atoms with Crippen LogP contribution in [0.4, 0.5) is 0 Å². The molecule has 0 N–H and O–H groups in total. The van der Waals surface area contributed by atoms with Gasteiger partial charge in [0.1, 0.15) is 5.76 Å². The summed E-state index contributed by atoms with van der Waals surface area (Å²) in [5.74, 6) is 0.995. The van der Waals surface area contributed by atoms with Crippen LogP contribution in [0.3, 0.4) is 0 Å². The van der Waals surface area contributed by atoms with E-state index in [2.05, 4.69) is 11.9 Å². The smallest absolute Gasteiger partial charge is 0.226 e. The summed E-state index contributed by atoms with van der Waals surface area (Å²) in [6, 6.07) is 7.62. The molecule has 2 aromatic rings. The maximum Gasteiger partial charge on any atom is 0.226 e. The summed E-state index contributed by atoms with van der Waals surface area (Å²) < 4.78 is 5.38. The number of hydrogen-bond donors (Lipinski definition) is 0. The molecule has 4 heteroatoms. The van der Waals surface area contributed by atoms with Crippen LogP contribution in [0.1, 0.15) is 38.0 Å². The molecule has 21 heavy (non-hydrogen) atoms. The molecule has 1 amide bonds. The molecule has 112 valence electrons. The van der Waals surface area contributed by atoms with Gasteiger partial charge in [-0.3, -0.25) is 9.78 Å². The molecular formula is C17H22N2O2. The summed E-state index contributed by atoms with van der Waals surface area (Å²) in [6.07, 6.45) is 7.08. The van der Waals surface area contributed by atoms with Gasteiger partial charge in [0, 0.05) is 24.9 Å². The van der Waals surface area contributed by atoms with Crippen molar-refractivity contribution in [2.45, 2.75) is 39.8 Å². The van der Waals surface area contributed by atoms with Crippen molar-refractivity contribution >= 4 is 5.91 Å². The van der Waals surface area contributed by atoms with Crippen molar-refractivity contribution in [3.05, 3.63) is 54.2 Å². The zero-order chi connectivity index (χ0) is 15.1. The fourth-order valence-electron chi connectivity index (χ4n) is 2.38. The van der Waals surface area contributed by atoms with Gasteiger partial charge >= 0.3 is 0 Å². The van der Waals surface area contributed by atoms with E-state index in [0.717, 1.165) is 24.2 Å². The second-order valence-electron chi connectivity index (χ2n) is 5.32. The van der Waals surface area contributed by atoms with Crippen LogP contribution in [0.15, 0.2) is 47.3 Å². The second kappa shape index (κ2) is 7.62. The molecule has 0 aliphatic rings. The Morgan fingerprint density at radius 3 is 2.81 bits per heavy atom. The van der Waals surface area contributed by atoms with Gasteiger partial charge in [-0.25, -0.2) is 0 Å². The van der Waals surface area contributed by atoms with Crippen LogP contribution in [0, 0.1) is 5.92 Å². The Balaban J connectivity index is 2.11. The molecule has 0 saturated heterocycles. The number of rotatable bonds is 7. The zero-order valence-corrected chi connectivity index (χ0v) is 12.7. The predicted molar refractivity (Wildman–Crippen MR) is 81.3 cm³/mol. The SMILES string of the molecule is CCC[C@@H](C)C(=O)N(Cc1cccnc1)Cc1ccco1. The molecule has 0 fully saturated rings. The summed E-state index contributed by atoms with van der Waals surface area (Å²) in [5, 5.41) is 0. The molecule has 0 aliphatic carbocycles. The number of carbonyl (C=O) groups is 1. The Morgan fingerprint density at radius 1 is 1.33 bits per heavy atom. The second-order valence-corrected chi connectivity index (χ2v) is 5.32. The van der Waals surface area contributed by atoms with E-state index in [9.17, 15) is 4.79 Å². The third-order valence-corrected chi connectivity index (χ3v) is 3.48. The first-order chi connectivity index (χ1) is 10.2. The van der Waals surface area contributed by atoms with Crippen molar-refractivity contribution in [1.29, 1.82) is 0 Å². The van der Waals surface area contributed by atoms with Crippen molar-refractivity contribution < 1.29 is 9.21 Å². The first-order valence-corrected chi connectivity index (χ1v) is 7.40. The number of aromatic nitrogens is 1. The van der Waals surface area contributed by atoms with Crippen LogP contribution in [0.5, 0.6) is 0 Å². The molecule has 0 bridgehead atoms. The topological polar surface area (TPSA) is 46.3 Å². The summed E-state index contributed by atoms with van der Waals surface area (Å²) in [7, 11) is 0. The van der Waals surface area contributed by atoms with Crippen molar-refractivity contribution in [2.75, 3.05) is 0 Å². The Kier molecular flexibility index (Phi) is 5.55. The van der Waals surface area contributed by atoms with Gasteiger partial charge in [0.2, 0.25) is 5.91 Å². The number of carbonyl (C=O) groups excluding carboxylic acids is 1. The van der Waals surface area contributed by atoms with Crippen LogP contribution in [-0.2, 0) is 17.9 Å². The van der Waals surface area contributed by atoms with Gasteiger partial charge in [-0.05, 0) is 30.2 Å². The highest BCUT2D eigenvalue weighted by molar-refractivity contribution is 5.78. The van der Waals surface area contributed by atoms with Crippen molar-refractivity contribution in [3.63, 3.8) is 0 Å². The minimum absolute atomic E-state index is 0.0293. The fourth-order valence-corrected chi connectivity index (χ4v) is 2.38. The lowest BCUT2D eigenvalue weighted by molar-refractivity contribution is -0.136. The Bertz CT molecular complexity index is 537. The molecule has 0 saturated carbocycles. The van der Waals surface area contributed by atoms with Gasteiger partial charge < -0.3 is 9.32 Å². The Morgan fingerprint density at radius 2 is 2.19 bits per heavy atom. The number of furan rings is 1. The zero-order valence-electron chi connectivity index (χ0n) is 12.7. The van der Waals surface area contributed by atoms with E-state index in [1.165, 1.54) is 0 Å². The van der Waals surface area contributed by atoms with Gasteiger partial charge in [0.05, 0.1) is 12.8 Å². The van der Waals surface area contributed by atoms with Gasteiger partial charge in [-0.1, -0.05) is 26.3 Å². The molecule has 0 unspecified atom stereocenters. The van der Waals surface area contributed by atoms with Gasteiger partial charge in [-0.2, -0.15) is 0 Å². The minimum atomic E-state index is 0.0293. The van der Waals surface area contributed by atoms with Crippen molar-refractivity contribution in [2.24, 2.45) is 5.92 Å². The van der Waals surface area contributed by atoms with Crippen LogP contribution >= 0.6 is 0 Å². The quantitative estimate of drug-likeness (QED) is 0.780. The lowest BCUT2D eigenvalue weighted by Crippen LogP contribution is -2.34. The Hall–Kier alpha value is -2.10. The minimum Gasteiger partial charge on any atom is -0.467 e. The highest BCUT2D eigenvalue weighted by atomic mass is 16.3. The molecule has 4 nitrogen and oxygen atoms in total. The fraction of sp³-hybridized carbons (Fsp3) is 0.412. The standard InChI is InChI=1S/C17H22N2O2/c1-3-6-14(2)17(20)19(13-16-8-5-10-21-16)12-15-7-4-9-18-11-15/h4-5,7-11,14H,3,6,12-13H2,1-2H3/t14-/m1/s1. The van der Waals surface area contributed by atoms with E-state index in [0.29, 0.717) is 13.1 Å². The molecule has 1 atom stereocenters. The summed E-state index contributed by atoms with van der Waals surface area (Å²) in [4.78, 5) is 18.6. The molecular weight excluding hydrogens is 264 g/mol. The number of amides is 1. The Labute approximate surface area is 125 Å². The molecule has 2 heterocycles. The number of pyridine rings is 1. The lowest BCUT2D eigenvalue weighted by atomic mass is 10.0. The number of hydrogen-bond acceptors (Lipinski definition) is 3. The molecule has 0 aromatic carbocycles. The third kappa shape index (κ3) is 4.45. The van der Waals surface area contributed by atoms with E-state index in [-0.39, 0.29) is 11.8 Å². The van der Waals surface area contributed by atoms with E-state index < -0.39 is 0 Å². The maximum atomic E-state index is 12.6. The average Bonchev–Trinajstić information content (AvgIpc) is 3.00. The lowest BCUT2D eigenvalue weighted by Gasteiger charge is -2.25. The monoisotopic (exact) mass is 286 g/mol. The largest absolute Gasteiger partial charge is 0.467 e. The van der Waals surface area contributed by atoms with Crippen molar-refractivity contribution in [3.8, 4) is 0 Å². The van der Waals surface area contributed by atoms with E-state index >= 15 is 0 Å². The molecule has 2 rings (SSSR count). The molecule has 0 aliphatic heterocycles. The van der Waals surface area contributed by atoms with Gasteiger partial charge in [0.15, 0.2) is 0 Å².